The predicted molar refractivity (Wildman–Crippen MR) is 83.5 cm³/mol. The quantitative estimate of drug-likeness (QED) is 0.596. The van der Waals surface area contributed by atoms with Gasteiger partial charge in [0.1, 0.15) is 5.82 Å². The number of ketones is 1. The second-order valence-corrected chi connectivity index (χ2v) is 5.37. The molecule has 3 rings (SSSR count). The largest absolute Gasteiger partial charge is 0.288 e. The van der Waals surface area contributed by atoms with Crippen molar-refractivity contribution in [2.45, 2.75) is 6.92 Å². The van der Waals surface area contributed by atoms with Crippen LogP contribution in [0.4, 0.5) is 4.39 Å². The number of rotatable bonds is 2. The van der Waals surface area contributed by atoms with E-state index in [0.717, 1.165) is 16.3 Å². The summed E-state index contributed by atoms with van der Waals surface area (Å²) < 4.78 is 14.0. The summed E-state index contributed by atoms with van der Waals surface area (Å²) in [5.41, 5.74) is 1.34. The smallest absolute Gasteiger partial charge is 0.196 e. The summed E-state index contributed by atoms with van der Waals surface area (Å²) >= 11 is 5.89. The number of halogens is 2. The highest BCUT2D eigenvalue weighted by atomic mass is 35.5. The molecular weight excluding hydrogens is 287 g/mol. The molecule has 3 heteroatoms. The second-order valence-electron chi connectivity index (χ2n) is 4.93. The van der Waals surface area contributed by atoms with Crippen LogP contribution in [0.25, 0.3) is 10.8 Å². The van der Waals surface area contributed by atoms with E-state index in [1.54, 1.807) is 0 Å². The monoisotopic (exact) mass is 298 g/mol. The molecule has 0 spiro atoms. The van der Waals surface area contributed by atoms with E-state index in [9.17, 15) is 9.18 Å². The Morgan fingerprint density at radius 1 is 1.05 bits per heavy atom. The maximum absolute atomic E-state index is 14.0. The summed E-state index contributed by atoms with van der Waals surface area (Å²) in [7, 11) is 0. The highest BCUT2D eigenvalue weighted by Gasteiger charge is 2.18. The molecule has 0 aliphatic carbocycles. The molecule has 104 valence electrons. The van der Waals surface area contributed by atoms with Gasteiger partial charge < -0.3 is 0 Å². The normalized spacial score (nSPS) is 10.8. The molecule has 21 heavy (non-hydrogen) atoms. The molecule has 0 amide bonds. The Kier molecular flexibility index (Phi) is 3.48. The van der Waals surface area contributed by atoms with Gasteiger partial charge in [-0.25, -0.2) is 4.39 Å². The molecule has 0 N–H and O–H groups in total. The summed E-state index contributed by atoms with van der Waals surface area (Å²) in [5, 5.41) is 2.12. The Labute approximate surface area is 127 Å². The van der Waals surface area contributed by atoms with Crippen molar-refractivity contribution in [3.05, 3.63) is 82.1 Å². The lowest BCUT2D eigenvalue weighted by atomic mass is 9.93. The standard InChI is InChI=1S/C18H12ClFO/c1-11-6-7-12-4-2-3-5-14(12)17(11)18(21)15-10-13(19)8-9-16(15)20/h2-10H,1H3. The number of carbonyl (C=O) groups excluding carboxylic acids is 1. The average Bonchev–Trinajstić information content (AvgIpc) is 2.49. The third-order valence-corrected chi connectivity index (χ3v) is 3.77. The summed E-state index contributed by atoms with van der Waals surface area (Å²) in [6.07, 6.45) is 0. The van der Waals surface area contributed by atoms with Crippen LogP contribution in [0.5, 0.6) is 0 Å². The van der Waals surface area contributed by atoms with Crippen molar-refractivity contribution in [3.63, 3.8) is 0 Å². The van der Waals surface area contributed by atoms with E-state index < -0.39 is 5.82 Å². The fourth-order valence-corrected chi connectivity index (χ4v) is 2.66. The van der Waals surface area contributed by atoms with E-state index in [0.29, 0.717) is 10.6 Å². The van der Waals surface area contributed by atoms with Crippen molar-refractivity contribution in [2.75, 3.05) is 0 Å². The van der Waals surface area contributed by atoms with E-state index in [1.807, 2.05) is 43.3 Å². The zero-order chi connectivity index (χ0) is 15.0. The number of carbonyl (C=O) groups is 1. The first-order valence-electron chi connectivity index (χ1n) is 6.56. The molecule has 0 fully saturated rings. The molecule has 0 aliphatic heterocycles. The van der Waals surface area contributed by atoms with E-state index in [2.05, 4.69) is 0 Å². The van der Waals surface area contributed by atoms with Gasteiger partial charge in [0.25, 0.3) is 0 Å². The molecule has 0 aromatic heterocycles. The van der Waals surface area contributed by atoms with Crippen molar-refractivity contribution < 1.29 is 9.18 Å². The van der Waals surface area contributed by atoms with Gasteiger partial charge >= 0.3 is 0 Å². The summed E-state index contributed by atoms with van der Waals surface area (Å²) in [6.45, 7) is 1.85. The minimum Gasteiger partial charge on any atom is -0.288 e. The number of benzene rings is 3. The van der Waals surface area contributed by atoms with Gasteiger partial charge in [0, 0.05) is 10.6 Å². The average molecular weight is 299 g/mol. The van der Waals surface area contributed by atoms with E-state index in [4.69, 9.17) is 11.6 Å². The topological polar surface area (TPSA) is 17.1 Å². The number of hydrogen-bond donors (Lipinski definition) is 0. The van der Waals surface area contributed by atoms with Gasteiger partial charge in [0.05, 0.1) is 5.56 Å². The first-order valence-corrected chi connectivity index (χ1v) is 6.94. The molecule has 1 nitrogen and oxygen atoms in total. The van der Waals surface area contributed by atoms with Gasteiger partial charge in [-0.1, -0.05) is 48.0 Å². The van der Waals surface area contributed by atoms with Crippen molar-refractivity contribution >= 4 is 28.2 Å². The molecule has 3 aromatic rings. The fraction of sp³-hybridized carbons (Fsp3) is 0.0556. The molecule has 0 radical (unpaired) electrons. The van der Waals surface area contributed by atoms with Crippen molar-refractivity contribution in [3.8, 4) is 0 Å². The molecule has 3 aromatic carbocycles. The Hall–Kier alpha value is -2.19. The highest BCUT2D eigenvalue weighted by molar-refractivity contribution is 6.31. The zero-order valence-electron chi connectivity index (χ0n) is 11.4. The Morgan fingerprint density at radius 2 is 1.81 bits per heavy atom. The highest BCUT2D eigenvalue weighted by Crippen LogP contribution is 2.26. The van der Waals surface area contributed by atoms with E-state index in [1.165, 1.54) is 18.2 Å². The molecule has 0 bridgehead atoms. The van der Waals surface area contributed by atoms with Gasteiger partial charge in [-0.2, -0.15) is 0 Å². The SMILES string of the molecule is Cc1ccc2ccccc2c1C(=O)c1cc(Cl)ccc1F. The van der Waals surface area contributed by atoms with Crippen LogP contribution in [0.3, 0.4) is 0 Å². The third kappa shape index (κ3) is 2.43. The Balaban J connectivity index is 2.27. The summed E-state index contributed by atoms with van der Waals surface area (Å²) in [4.78, 5) is 12.8. The Bertz CT molecular complexity index is 855. The Morgan fingerprint density at radius 3 is 2.62 bits per heavy atom. The lowest BCUT2D eigenvalue weighted by Crippen LogP contribution is -2.07. The second kappa shape index (κ2) is 5.30. The lowest BCUT2D eigenvalue weighted by Gasteiger charge is -2.10. The van der Waals surface area contributed by atoms with Crippen LogP contribution < -0.4 is 0 Å². The molecule has 0 aliphatic rings. The maximum atomic E-state index is 14.0. The van der Waals surface area contributed by atoms with Crippen LogP contribution in [0, 0.1) is 12.7 Å². The molecule has 0 atom stereocenters. The van der Waals surface area contributed by atoms with Crippen LogP contribution in [0.2, 0.25) is 5.02 Å². The summed E-state index contributed by atoms with van der Waals surface area (Å²) in [5.74, 6) is -0.902. The molecular formula is C18H12ClFO. The van der Waals surface area contributed by atoms with Crippen molar-refractivity contribution in [2.24, 2.45) is 0 Å². The van der Waals surface area contributed by atoms with Crippen LogP contribution >= 0.6 is 11.6 Å². The fourth-order valence-electron chi connectivity index (χ4n) is 2.49. The van der Waals surface area contributed by atoms with Gasteiger partial charge in [-0.05, 0) is 41.5 Å². The van der Waals surface area contributed by atoms with Crippen LogP contribution in [-0.2, 0) is 0 Å². The van der Waals surface area contributed by atoms with E-state index in [-0.39, 0.29) is 11.3 Å². The predicted octanol–water partition coefficient (Wildman–Crippen LogP) is 5.17. The molecule has 0 heterocycles. The number of aryl methyl sites for hydroxylation is 1. The summed E-state index contributed by atoms with van der Waals surface area (Å²) in [6, 6.07) is 15.4. The first-order chi connectivity index (χ1) is 10.1. The van der Waals surface area contributed by atoms with E-state index >= 15 is 0 Å². The minimum absolute atomic E-state index is 0.00181. The number of fused-ring (bicyclic) bond motifs is 1. The number of hydrogen-bond acceptors (Lipinski definition) is 1. The van der Waals surface area contributed by atoms with Gasteiger partial charge in [-0.15, -0.1) is 0 Å². The zero-order valence-corrected chi connectivity index (χ0v) is 12.1. The van der Waals surface area contributed by atoms with Crippen LogP contribution in [-0.4, -0.2) is 5.78 Å². The molecule has 0 saturated carbocycles. The third-order valence-electron chi connectivity index (χ3n) is 3.54. The van der Waals surface area contributed by atoms with Crippen molar-refractivity contribution in [1.29, 1.82) is 0 Å². The van der Waals surface area contributed by atoms with Crippen molar-refractivity contribution in [1.82, 2.24) is 0 Å². The van der Waals surface area contributed by atoms with Crippen LogP contribution in [0.1, 0.15) is 21.5 Å². The first kappa shape index (κ1) is 13.8. The molecule has 0 saturated heterocycles. The maximum Gasteiger partial charge on any atom is 0.196 e. The molecule has 0 unspecified atom stereocenters. The minimum atomic E-state index is -0.559. The van der Waals surface area contributed by atoms with Gasteiger partial charge in [0.15, 0.2) is 5.78 Å². The van der Waals surface area contributed by atoms with Gasteiger partial charge in [0.2, 0.25) is 0 Å². The van der Waals surface area contributed by atoms with Gasteiger partial charge in [-0.3, -0.25) is 4.79 Å². The lowest BCUT2D eigenvalue weighted by molar-refractivity contribution is 0.103. The van der Waals surface area contributed by atoms with Crippen LogP contribution in [0.15, 0.2) is 54.6 Å².